The van der Waals surface area contributed by atoms with Crippen molar-refractivity contribution in [3.63, 3.8) is 0 Å². The summed E-state index contributed by atoms with van der Waals surface area (Å²) in [5.41, 5.74) is 1.47. The number of nitrogens with one attached hydrogen (secondary N) is 1. The lowest BCUT2D eigenvalue weighted by atomic mass is 10.1. The molecule has 1 saturated heterocycles. The molecule has 1 aromatic heterocycles. The van der Waals surface area contributed by atoms with Crippen LogP contribution in [0, 0.1) is 0 Å². The van der Waals surface area contributed by atoms with Gasteiger partial charge in [-0.1, -0.05) is 18.0 Å². The Morgan fingerprint density at radius 3 is 3.12 bits per heavy atom. The number of thiophene rings is 1. The monoisotopic (exact) mass is 287 g/mol. The van der Waals surface area contributed by atoms with E-state index in [1.807, 2.05) is 0 Å². The van der Waals surface area contributed by atoms with Gasteiger partial charge in [0.2, 0.25) is 0 Å². The minimum Gasteiger partial charge on any atom is -0.309 e. The van der Waals surface area contributed by atoms with Crippen molar-refractivity contribution in [2.75, 3.05) is 12.3 Å². The first kappa shape index (κ1) is 12.3. The Morgan fingerprint density at radius 2 is 2.29 bits per heavy atom. The van der Waals surface area contributed by atoms with E-state index in [0.29, 0.717) is 6.04 Å². The number of hydrogen-bond donors (Lipinski definition) is 1. The van der Waals surface area contributed by atoms with Crippen LogP contribution in [0.3, 0.4) is 0 Å². The zero-order chi connectivity index (χ0) is 11.7. The number of halogens is 1. The second-order valence-electron chi connectivity index (χ2n) is 4.92. The van der Waals surface area contributed by atoms with Crippen LogP contribution in [-0.2, 0) is 6.42 Å². The summed E-state index contributed by atoms with van der Waals surface area (Å²) in [5, 5.41) is 4.58. The van der Waals surface area contributed by atoms with Gasteiger partial charge in [0.1, 0.15) is 0 Å². The third-order valence-electron chi connectivity index (χ3n) is 3.71. The summed E-state index contributed by atoms with van der Waals surface area (Å²) in [4.78, 5) is 1.50. The molecule has 0 aromatic carbocycles. The van der Waals surface area contributed by atoms with Crippen molar-refractivity contribution in [2.45, 2.75) is 43.4 Å². The lowest BCUT2D eigenvalue weighted by molar-refractivity contribution is 0.508. The highest BCUT2D eigenvalue weighted by Crippen LogP contribution is 2.39. The summed E-state index contributed by atoms with van der Waals surface area (Å²) in [6, 6.07) is 2.73. The number of rotatable bonds is 3. The smallest absolute Gasteiger partial charge is 0.0934 e. The number of aryl methyl sites for hydroxylation is 1. The van der Waals surface area contributed by atoms with Gasteiger partial charge in [-0.2, -0.15) is 11.8 Å². The second-order valence-corrected chi connectivity index (χ2v) is 8.09. The highest BCUT2D eigenvalue weighted by Gasteiger charge is 2.25. The van der Waals surface area contributed by atoms with Gasteiger partial charge in [-0.05, 0) is 43.1 Å². The molecule has 2 aliphatic rings. The topological polar surface area (TPSA) is 12.0 Å². The van der Waals surface area contributed by atoms with E-state index in [4.69, 9.17) is 11.6 Å². The standard InChI is InChI=1S/C13H18ClNS2/c14-13-7-10-11(4-5-12(10)17-13)15-8-9-3-1-2-6-16-9/h7,9,11,15H,1-6,8H2. The van der Waals surface area contributed by atoms with Crippen molar-refractivity contribution in [1.82, 2.24) is 5.32 Å². The van der Waals surface area contributed by atoms with Crippen molar-refractivity contribution < 1.29 is 0 Å². The summed E-state index contributed by atoms with van der Waals surface area (Å²) >= 11 is 9.99. The predicted octanol–water partition coefficient (Wildman–Crippen LogP) is 4.26. The minimum absolute atomic E-state index is 0.566. The van der Waals surface area contributed by atoms with Crippen molar-refractivity contribution in [1.29, 1.82) is 0 Å². The van der Waals surface area contributed by atoms with Gasteiger partial charge in [-0.3, -0.25) is 0 Å². The second kappa shape index (κ2) is 5.52. The van der Waals surface area contributed by atoms with Crippen LogP contribution in [0.4, 0.5) is 0 Å². The lowest BCUT2D eigenvalue weighted by Gasteiger charge is -2.23. The fourth-order valence-electron chi connectivity index (χ4n) is 2.78. The molecule has 0 saturated carbocycles. The molecular formula is C13H18ClNS2. The zero-order valence-corrected chi connectivity index (χ0v) is 12.3. The molecule has 1 N–H and O–H groups in total. The summed E-state index contributed by atoms with van der Waals surface area (Å²) in [6.07, 6.45) is 6.69. The number of fused-ring (bicyclic) bond motifs is 1. The molecule has 0 spiro atoms. The Hall–Kier alpha value is 0.300. The van der Waals surface area contributed by atoms with Crippen molar-refractivity contribution in [2.24, 2.45) is 0 Å². The van der Waals surface area contributed by atoms with Crippen LogP contribution >= 0.6 is 34.7 Å². The molecule has 2 unspecified atom stereocenters. The van der Waals surface area contributed by atoms with Gasteiger partial charge in [0.15, 0.2) is 0 Å². The molecule has 94 valence electrons. The Balaban J connectivity index is 1.56. The van der Waals surface area contributed by atoms with E-state index in [9.17, 15) is 0 Å². The molecule has 1 aliphatic heterocycles. The highest BCUT2D eigenvalue weighted by atomic mass is 35.5. The van der Waals surface area contributed by atoms with Crippen LogP contribution in [0.2, 0.25) is 4.34 Å². The van der Waals surface area contributed by atoms with E-state index in [1.165, 1.54) is 54.8 Å². The van der Waals surface area contributed by atoms with Crippen LogP contribution < -0.4 is 5.32 Å². The molecule has 1 aliphatic carbocycles. The molecule has 1 aromatic rings. The van der Waals surface area contributed by atoms with Gasteiger partial charge in [0, 0.05) is 22.7 Å². The quantitative estimate of drug-likeness (QED) is 0.891. The predicted molar refractivity (Wildman–Crippen MR) is 78.5 cm³/mol. The number of thioether (sulfide) groups is 1. The highest BCUT2D eigenvalue weighted by molar-refractivity contribution is 7.99. The molecule has 0 bridgehead atoms. The maximum absolute atomic E-state index is 6.08. The first-order valence-corrected chi connectivity index (χ1v) is 8.70. The van der Waals surface area contributed by atoms with Gasteiger partial charge < -0.3 is 5.32 Å². The van der Waals surface area contributed by atoms with E-state index in [-0.39, 0.29) is 0 Å². The molecule has 0 amide bonds. The zero-order valence-electron chi connectivity index (χ0n) is 9.88. The average molecular weight is 288 g/mol. The van der Waals surface area contributed by atoms with Crippen LogP contribution in [0.1, 0.15) is 42.2 Å². The lowest BCUT2D eigenvalue weighted by Crippen LogP contribution is -2.29. The summed E-state index contributed by atoms with van der Waals surface area (Å²) < 4.78 is 0.952. The molecule has 3 rings (SSSR count). The fourth-order valence-corrected chi connectivity index (χ4v) is 5.39. The van der Waals surface area contributed by atoms with Crippen LogP contribution in [0.5, 0.6) is 0 Å². The van der Waals surface area contributed by atoms with E-state index in [0.717, 1.165) is 9.59 Å². The van der Waals surface area contributed by atoms with E-state index < -0.39 is 0 Å². The van der Waals surface area contributed by atoms with Gasteiger partial charge in [0.25, 0.3) is 0 Å². The van der Waals surface area contributed by atoms with Crippen molar-refractivity contribution in [3.05, 3.63) is 20.8 Å². The Kier molecular flexibility index (Phi) is 4.00. The largest absolute Gasteiger partial charge is 0.309 e. The molecule has 1 fully saturated rings. The minimum atomic E-state index is 0.566. The van der Waals surface area contributed by atoms with Crippen molar-refractivity contribution in [3.8, 4) is 0 Å². The normalized spacial score (nSPS) is 28.3. The summed E-state index contributed by atoms with van der Waals surface area (Å²) in [6.45, 7) is 1.17. The third-order valence-corrected chi connectivity index (χ3v) is 6.45. The fraction of sp³-hybridized carbons (Fsp3) is 0.692. The van der Waals surface area contributed by atoms with Gasteiger partial charge in [0.05, 0.1) is 4.34 Å². The SMILES string of the molecule is Clc1cc2c(s1)CCC2NCC1CCCCS1. The maximum Gasteiger partial charge on any atom is 0.0934 e. The number of hydrogen-bond acceptors (Lipinski definition) is 3. The average Bonchev–Trinajstić information content (AvgIpc) is 2.87. The molecule has 2 heterocycles. The molecule has 1 nitrogen and oxygen atoms in total. The Morgan fingerprint density at radius 1 is 1.35 bits per heavy atom. The van der Waals surface area contributed by atoms with Crippen molar-refractivity contribution >= 4 is 34.7 Å². The first-order valence-electron chi connectivity index (χ1n) is 6.46. The third kappa shape index (κ3) is 2.83. The van der Waals surface area contributed by atoms with Crippen LogP contribution in [-0.4, -0.2) is 17.5 Å². The first-order chi connectivity index (χ1) is 8.33. The molecule has 17 heavy (non-hydrogen) atoms. The Labute approximate surface area is 116 Å². The summed E-state index contributed by atoms with van der Waals surface area (Å²) in [5.74, 6) is 1.35. The van der Waals surface area contributed by atoms with Gasteiger partial charge >= 0.3 is 0 Å². The van der Waals surface area contributed by atoms with E-state index >= 15 is 0 Å². The summed E-state index contributed by atoms with van der Waals surface area (Å²) in [7, 11) is 0. The van der Waals surface area contributed by atoms with E-state index in [1.54, 1.807) is 11.3 Å². The maximum atomic E-state index is 6.08. The van der Waals surface area contributed by atoms with Crippen LogP contribution in [0.15, 0.2) is 6.07 Å². The van der Waals surface area contributed by atoms with Gasteiger partial charge in [-0.25, -0.2) is 0 Å². The molecule has 0 radical (unpaired) electrons. The molecule has 4 heteroatoms. The van der Waals surface area contributed by atoms with Gasteiger partial charge in [-0.15, -0.1) is 11.3 Å². The Bertz CT molecular complexity index is 385. The molecular weight excluding hydrogens is 270 g/mol. The molecule has 2 atom stereocenters. The van der Waals surface area contributed by atoms with E-state index in [2.05, 4.69) is 23.1 Å². The van der Waals surface area contributed by atoms with Crippen LogP contribution in [0.25, 0.3) is 0 Å².